The van der Waals surface area contributed by atoms with Crippen molar-refractivity contribution < 1.29 is 71.7 Å². The lowest BCUT2D eigenvalue weighted by Gasteiger charge is -2.20. The number of aromatic nitrogens is 1. The second-order valence-corrected chi connectivity index (χ2v) is 14.9. The van der Waals surface area contributed by atoms with E-state index in [9.17, 15) is 39.4 Å². The Morgan fingerprint density at radius 2 is 1.29 bits per heavy atom. The van der Waals surface area contributed by atoms with Crippen LogP contribution in [0.3, 0.4) is 0 Å². The number of benzene rings is 2. The van der Waals surface area contributed by atoms with Crippen molar-refractivity contribution in [3.63, 3.8) is 0 Å². The lowest BCUT2D eigenvalue weighted by Crippen LogP contribution is -2.29. The Kier molecular flexibility index (Phi) is 24.4. The van der Waals surface area contributed by atoms with Crippen molar-refractivity contribution in [1.29, 1.82) is 0 Å². The van der Waals surface area contributed by atoms with Crippen LogP contribution in [0, 0.1) is 20.2 Å². The normalized spacial score (nSPS) is 11.3. The molecule has 22 heteroatoms. The molecule has 22 nitrogen and oxygen atoms in total. The summed E-state index contributed by atoms with van der Waals surface area (Å²) in [5.74, 6) is -0.458. The summed E-state index contributed by atoms with van der Waals surface area (Å²) >= 11 is 0. The Morgan fingerprint density at radius 1 is 0.692 bits per heavy atom. The van der Waals surface area contributed by atoms with Gasteiger partial charge in [-0.05, 0) is 58.4 Å². The quantitative estimate of drug-likeness (QED) is 0.0335. The van der Waals surface area contributed by atoms with E-state index < -0.39 is 33.2 Å². The third kappa shape index (κ3) is 20.7. The number of nitrogens with zero attached hydrogens (tertiary/aromatic N) is 3. The number of nitro groups is 2. The van der Waals surface area contributed by atoms with Crippen molar-refractivity contribution in [2.75, 3.05) is 111 Å². The number of non-ortho nitro benzene ring substituents is 1. The predicted octanol–water partition coefficient (Wildman–Crippen LogP) is 5.25. The van der Waals surface area contributed by atoms with Crippen LogP contribution in [0.1, 0.15) is 63.9 Å². The van der Waals surface area contributed by atoms with Crippen molar-refractivity contribution in [1.82, 2.24) is 9.88 Å². The van der Waals surface area contributed by atoms with Crippen LogP contribution in [0.4, 0.5) is 21.9 Å². The van der Waals surface area contributed by atoms with Gasteiger partial charge in [0.05, 0.1) is 101 Å². The molecular weight excluding hydrogens is 858 g/mol. The molecule has 0 bridgehead atoms. The van der Waals surface area contributed by atoms with E-state index in [1.165, 1.54) is 16.7 Å². The third-order valence-electron chi connectivity index (χ3n) is 8.73. The minimum absolute atomic E-state index is 0.0273. The topological polar surface area (TPSA) is 267 Å². The first-order chi connectivity index (χ1) is 31.2. The number of hydrogen-bond donors (Lipinski definition) is 2. The van der Waals surface area contributed by atoms with Gasteiger partial charge in [0.1, 0.15) is 35.1 Å². The second-order valence-electron chi connectivity index (χ2n) is 14.9. The maximum Gasteiger partial charge on any atom is 0.419 e. The van der Waals surface area contributed by atoms with Gasteiger partial charge in [-0.15, -0.1) is 0 Å². The van der Waals surface area contributed by atoms with Gasteiger partial charge < -0.3 is 53.3 Å². The molecule has 1 amide bonds. The van der Waals surface area contributed by atoms with Crippen LogP contribution in [0.5, 0.6) is 5.75 Å². The molecule has 2 aromatic carbocycles. The molecule has 0 saturated heterocycles. The molecule has 3 rings (SSSR count). The molecule has 0 aliphatic carbocycles. The number of nitrogens with one attached hydrogen (secondary N) is 2. The Morgan fingerprint density at radius 3 is 1.89 bits per heavy atom. The smallest absolute Gasteiger partial charge is 0.419 e. The summed E-state index contributed by atoms with van der Waals surface area (Å²) in [6.07, 6.45) is 0.355. The van der Waals surface area contributed by atoms with E-state index in [1.54, 1.807) is 52.0 Å². The lowest BCUT2D eigenvalue weighted by atomic mass is 10.1. The molecule has 0 saturated carbocycles. The number of carbonyl (C=O) groups is 4. The van der Waals surface area contributed by atoms with E-state index in [2.05, 4.69) is 10.6 Å². The fourth-order valence-corrected chi connectivity index (χ4v) is 5.78. The maximum atomic E-state index is 13.0. The van der Waals surface area contributed by atoms with Gasteiger partial charge in [-0.2, -0.15) is 0 Å². The van der Waals surface area contributed by atoms with Crippen LogP contribution in [-0.2, 0) is 47.5 Å². The number of nitro benzene ring substituents is 2. The van der Waals surface area contributed by atoms with Crippen molar-refractivity contribution in [2.24, 2.45) is 0 Å². The largest absolute Gasteiger partial charge is 0.490 e. The number of Topliss-reactive ketones (excluding diaryl/α,β-unsaturated/α-hetero) is 1. The highest BCUT2D eigenvalue weighted by Gasteiger charge is 2.27. The zero-order valence-corrected chi connectivity index (χ0v) is 37.5. The molecule has 0 fully saturated rings. The number of carbonyl (C=O) groups excluding carboxylic acids is 4. The van der Waals surface area contributed by atoms with Gasteiger partial charge in [0.15, 0.2) is 0 Å². The van der Waals surface area contributed by atoms with Gasteiger partial charge in [0, 0.05) is 50.4 Å². The molecule has 3 aromatic rings. The first-order valence-corrected chi connectivity index (χ1v) is 21.3. The highest BCUT2D eigenvalue weighted by molar-refractivity contribution is 6.03. The monoisotopic (exact) mass is 919 g/mol. The second kappa shape index (κ2) is 29.6. The van der Waals surface area contributed by atoms with Gasteiger partial charge in [0.2, 0.25) is 5.91 Å². The summed E-state index contributed by atoms with van der Waals surface area (Å²) in [6, 6.07) is 10.1. The Bertz CT molecular complexity index is 1980. The van der Waals surface area contributed by atoms with Crippen molar-refractivity contribution in [3.8, 4) is 5.75 Å². The van der Waals surface area contributed by atoms with Gasteiger partial charge >= 0.3 is 12.1 Å². The molecule has 1 aromatic heterocycles. The fourth-order valence-electron chi connectivity index (χ4n) is 5.78. The zero-order chi connectivity index (χ0) is 47.5. The van der Waals surface area contributed by atoms with Crippen molar-refractivity contribution in [3.05, 3.63) is 68.4 Å². The first-order valence-electron chi connectivity index (χ1n) is 21.3. The van der Waals surface area contributed by atoms with E-state index in [0.29, 0.717) is 88.9 Å². The average Bonchev–Trinajstić information content (AvgIpc) is 3.66. The summed E-state index contributed by atoms with van der Waals surface area (Å²) in [5, 5.41) is 28.1. The number of anilines is 1. The fraction of sp³-hybridized carbons (Fsp3) is 0.581. The Balaban J connectivity index is 1.10. The molecule has 0 aliphatic rings. The summed E-state index contributed by atoms with van der Waals surface area (Å²) in [4.78, 5) is 70.6. The molecule has 0 atom stereocenters. The highest BCUT2D eigenvalue weighted by Crippen LogP contribution is 2.31. The molecule has 65 heavy (non-hydrogen) atoms. The maximum absolute atomic E-state index is 13.0. The summed E-state index contributed by atoms with van der Waals surface area (Å²) < 4.78 is 50.7. The Labute approximate surface area is 376 Å². The molecular formula is C43H61N5O17. The van der Waals surface area contributed by atoms with Gasteiger partial charge in [-0.1, -0.05) is 6.07 Å². The van der Waals surface area contributed by atoms with Crippen LogP contribution in [0.15, 0.2) is 42.5 Å². The summed E-state index contributed by atoms with van der Waals surface area (Å²) in [5.41, 5.74) is -0.906. The number of amides is 1. The van der Waals surface area contributed by atoms with Crippen LogP contribution in [0.25, 0.3) is 10.9 Å². The highest BCUT2D eigenvalue weighted by atomic mass is 16.6. The van der Waals surface area contributed by atoms with E-state index in [4.69, 9.17) is 42.6 Å². The van der Waals surface area contributed by atoms with Crippen molar-refractivity contribution >= 4 is 51.7 Å². The molecule has 0 spiro atoms. The number of ether oxygens (including phenoxy) is 9. The number of fused-ring (bicyclic) bond motifs is 1. The third-order valence-corrected chi connectivity index (χ3v) is 8.73. The van der Waals surface area contributed by atoms with Gasteiger partial charge in [-0.25, -0.2) is 14.2 Å². The molecule has 0 aliphatic heterocycles. The lowest BCUT2D eigenvalue weighted by molar-refractivity contribution is -0.393. The average molecular weight is 920 g/mol. The zero-order valence-electron chi connectivity index (χ0n) is 37.5. The van der Waals surface area contributed by atoms with E-state index >= 15 is 0 Å². The van der Waals surface area contributed by atoms with E-state index in [1.807, 2.05) is 0 Å². The predicted molar refractivity (Wildman–Crippen MR) is 235 cm³/mol. The number of ketones is 1. The van der Waals surface area contributed by atoms with E-state index in [-0.39, 0.29) is 87.8 Å². The van der Waals surface area contributed by atoms with Gasteiger partial charge in [-0.3, -0.25) is 29.8 Å². The van der Waals surface area contributed by atoms with Crippen LogP contribution < -0.4 is 15.4 Å². The minimum Gasteiger partial charge on any atom is -0.490 e. The number of hydrogen-bond acceptors (Lipinski definition) is 18. The van der Waals surface area contributed by atoms with Crippen LogP contribution in [0.2, 0.25) is 0 Å². The van der Waals surface area contributed by atoms with Gasteiger partial charge in [0.25, 0.3) is 11.4 Å². The van der Waals surface area contributed by atoms with Crippen LogP contribution in [-0.4, -0.2) is 149 Å². The molecule has 1 heterocycles. The Hall–Kier alpha value is -5.78. The standard InChI is InChI=1S/C43H61N5O17/c1-5-63-41(51)38-31-34-36(46(38)42(52)65-43(2,3)4)9-6-10-39(34)64-29-28-62-27-26-60-23-20-57-17-7-8-33(49)12-14-40(50)45-16-19-59-22-25-61-24-21-58-18-15-44-35-13-11-32(47(53)54)30-37(35)48(55)56/h6,9-11,13,30-31,44H,5,7-8,12,14-29H2,1-4H3,(H,45,50). The van der Waals surface area contributed by atoms with Crippen LogP contribution >= 0.6 is 0 Å². The SMILES string of the molecule is CCOC(=O)c1cc2c(OCCOCCOCCOCCCC(=O)CCC(=O)NCCOCCOCCOCCNc3ccc([N+](=O)[O-])cc3[N+](=O)[O-])cccc2n1C(=O)OC(C)(C)C. The minimum atomic E-state index is -0.776. The van der Waals surface area contributed by atoms with Crippen molar-refractivity contribution in [2.45, 2.75) is 59.0 Å². The summed E-state index contributed by atoms with van der Waals surface area (Å²) in [7, 11) is 0. The first kappa shape index (κ1) is 53.6. The molecule has 2 N–H and O–H groups in total. The number of rotatable bonds is 34. The molecule has 0 unspecified atom stereocenters. The molecule has 0 radical (unpaired) electrons. The number of esters is 1. The van der Waals surface area contributed by atoms with E-state index in [0.717, 1.165) is 6.07 Å². The molecule has 360 valence electrons. The summed E-state index contributed by atoms with van der Waals surface area (Å²) in [6.45, 7) is 11.5.